The highest BCUT2D eigenvalue weighted by atomic mass is 15.1. The zero-order chi connectivity index (χ0) is 8.93. The lowest BCUT2D eigenvalue weighted by Crippen LogP contribution is -2.37. The summed E-state index contributed by atoms with van der Waals surface area (Å²) in [4.78, 5) is 8.82. The summed E-state index contributed by atoms with van der Waals surface area (Å²) in [5.41, 5.74) is 0. The number of rotatable bonds is 2. The van der Waals surface area contributed by atoms with Gasteiger partial charge in [-0.05, 0) is 12.8 Å². The second kappa shape index (κ2) is 4.25. The molecule has 0 aromatic carbocycles. The number of hydrogen-bond donors (Lipinski definition) is 2. The second-order valence-electron chi connectivity index (χ2n) is 3.39. The molecule has 2 N–H and O–H groups in total. The molecule has 0 radical (unpaired) electrons. The topological polar surface area (TPSA) is 48.8 Å². The lowest BCUT2D eigenvalue weighted by Gasteiger charge is -2.18. The summed E-state index contributed by atoms with van der Waals surface area (Å²) in [6.07, 6.45) is 3.17. The van der Waals surface area contributed by atoms with Crippen molar-refractivity contribution in [3.8, 4) is 0 Å². The van der Waals surface area contributed by atoms with Crippen molar-refractivity contribution in [2.75, 3.05) is 26.2 Å². The number of aliphatic imine (C=N–C) groups is 2. The Bertz CT molecular complexity index is 208. The van der Waals surface area contributed by atoms with Gasteiger partial charge in [0.15, 0.2) is 0 Å². The van der Waals surface area contributed by atoms with Crippen molar-refractivity contribution < 1.29 is 0 Å². The van der Waals surface area contributed by atoms with E-state index in [1.165, 1.54) is 0 Å². The molecule has 4 heteroatoms. The first-order chi connectivity index (χ1) is 6.45. The third-order valence-electron chi connectivity index (χ3n) is 2.27. The van der Waals surface area contributed by atoms with E-state index in [2.05, 4.69) is 20.6 Å². The normalized spacial score (nSPS) is 22.5. The summed E-state index contributed by atoms with van der Waals surface area (Å²) >= 11 is 0. The molecule has 2 rings (SSSR count). The average molecular weight is 180 g/mol. The highest BCUT2D eigenvalue weighted by Crippen LogP contribution is 1.98. The fourth-order valence-electron chi connectivity index (χ4n) is 1.56. The number of amidine groups is 2. The fourth-order valence-corrected chi connectivity index (χ4v) is 1.56. The van der Waals surface area contributed by atoms with Crippen molar-refractivity contribution in [3.05, 3.63) is 0 Å². The van der Waals surface area contributed by atoms with Crippen LogP contribution in [0.5, 0.6) is 0 Å². The standard InChI is InChI=1S/C9H16N4/c1-3-10-8(11-4-1)7-9-12-5-2-6-13-9/h1-7H2,(H,10,11)(H,12,13). The summed E-state index contributed by atoms with van der Waals surface area (Å²) in [6.45, 7) is 4.06. The van der Waals surface area contributed by atoms with Crippen LogP contribution in [0, 0.1) is 0 Å². The Morgan fingerprint density at radius 2 is 1.46 bits per heavy atom. The molecule has 2 heterocycles. The molecule has 2 aliphatic heterocycles. The van der Waals surface area contributed by atoms with E-state index < -0.39 is 0 Å². The van der Waals surface area contributed by atoms with Crippen LogP contribution in [-0.2, 0) is 0 Å². The maximum Gasteiger partial charge on any atom is 0.104 e. The quantitative estimate of drug-likeness (QED) is 0.636. The van der Waals surface area contributed by atoms with Gasteiger partial charge in [-0.25, -0.2) is 0 Å². The first-order valence-corrected chi connectivity index (χ1v) is 4.99. The minimum absolute atomic E-state index is 0.861. The largest absolute Gasteiger partial charge is 0.373 e. The molecule has 2 aliphatic rings. The molecule has 0 spiro atoms. The van der Waals surface area contributed by atoms with Gasteiger partial charge >= 0.3 is 0 Å². The maximum atomic E-state index is 4.41. The minimum atomic E-state index is 0.861. The van der Waals surface area contributed by atoms with E-state index in [-0.39, 0.29) is 0 Å². The van der Waals surface area contributed by atoms with Crippen LogP contribution in [0.4, 0.5) is 0 Å². The Balaban J connectivity index is 1.88. The highest BCUT2D eigenvalue weighted by Gasteiger charge is 2.09. The minimum Gasteiger partial charge on any atom is -0.373 e. The molecule has 0 aromatic rings. The van der Waals surface area contributed by atoms with E-state index in [1.54, 1.807) is 0 Å². The third kappa shape index (κ3) is 2.44. The van der Waals surface area contributed by atoms with Crippen LogP contribution in [0.3, 0.4) is 0 Å². The highest BCUT2D eigenvalue weighted by molar-refractivity contribution is 6.02. The van der Waals surface area contributed by atoms with Crippen LogP contribution in [0.2, 0.25) is 0 Å². The van der Waals surface area contributed by atoms with Gasteiger partial charge in [0.1, 0.15) is 11.7 Å². The molecule has 0 saturated heterocycles. The smallest absolute Gasteiger partial charge is 0.104 e. The van der Waals surface area contributed by atoms with Gasteiger partial charge in [-0.1, -0.05) is 0 Å². The van der Waals surface area contributed by atoms with E-state index in [1.807, 2.05) is 0 Å². The molecule has 0 bridgehead atoms. The van der Waals surface area contributed by atoms with E-state index in [0.717, 1.165) is 57.1 Å². The van der Waals surface area contributed by atoms with Crippen LogP contribution in [-0.4, -0.2) is 37.9 Å². The van der Waals surface area contributed by atoms with E-state index in [0.29, 0.717) is 0 Å². The summed E-state index contributed by atoms with van der Waals surface area (Å²) in [6, 6.07) is 0. The lowest BCUT2D eigenvalue weighted by atomic mass is 10.2. The van der Waals surface area contributed by atoms with Crippen molar-refractivity contribution in [2.24, 2.45) is 9.98 Å². The van der Waals surface area contributed by atoms with Gasteiger partial charge in [0.05, 0.1) is 6.42 Å². The lowest BCUT2D eigenvalue weighted by molar-refractivity contribution is 0.716. The van der Waals surface area contributed by atoms with Crippen LogP contribution in [0.1, 0.15) is 19.3 Å². The van der Waals surface area contributed by atoms with Gasteiger partial charge in [0.25, 0.3) is 0 Å². The molecule has 0 aliphatic carbocycles. The van der Waals surface area contributed by atoms with Crippen LogP contribution in [0.15, 0.2) is 9.98 Å². The predicted molar refractivity (Wildman–Crippen MR) is 54.5 cm³/mol. The monoisotopic (exact) mass is 180 g/mol. The van der Waals surface area contributed by atoms with Crippen molar-refractivity contribution >= 4 is 11.7 Å². The molecule has 0 amide bonds. The van der Waals surface area contributed by atoms with Gasteiger partial charge < -0.3 is 10.6 Å². The van der Waals surface area contributed by atoms with Gasteiger partial charge in [0, 0.05) is 26.2 Å². The molecule has 0 aromatic heterocycles. The van der Waals surface area contributed by atoms with Gasteiger partial charge in [-0.15, -0.1) is 0 Å². The summed E-state index contributed by atoms with van der Waals surface area (Å²) < 4.78 is 0. The summed E-state index contributed by atoms with van der Waals surface area (Å²) in [5, 5.41) is 6.59. The molecule has 72 valence electrons. The molecular formula is C9H16N4. The Kier molecular flexibility index (Phi) is 2.79. The molecule has 4 nitrogen and oxygen atoms in total. The van der Waals surface area contributed by atoms with E-state index >= 15 is 0 Å². The predicted octanol–water partition coefficient (Wildman–Crippen LogP) is 0.160. The van der Waals surface area contributed by atoms with Crippen LogP contribution < -0.4 is 10.6 Å². The van der Waals surface area contributed by atoms with E-state index in [9.17, 15) is 0 Å². The first kappa shape index (κ1) is 8.53. The van der Waals surface area contributed by atoms with E-state index in [4.69, 9.17) is 0 Å². The summed E-state index contributed by atoms with van der Waals surface area (Å²) in [7, 11) is 0. The summed E-state index contributed by atoms with van der Waals surface area (Å²) in [5.74, 6) is 2.19. The first-order valence-electron chi connectivity index (χ1n) is 4.99. The van der Waals surface area contributed by atoms with Crippen LogP contribution >= 0.6 is 0 Å². The SMILES string of the molecule is C1CN=C(CC2=NCCCN2)NC1. The van der Waals surface area contributed by atoms with Crippen molar-refractivity contribution in [2.45, 2.75) is 19.3 Å². The molecule has 13 heavy (non-hydrogen) atoms. The number of nitrogens with zero attached hydrogens (tertiary/aromatic N) is 2. The number of hydrogen-bond acceptors (Lipinski definition) is 4. The molecule has 0 atom stereocenters. The Morgan fingerprint density at radius 1 is 0.923 bits per heavy atom. The van der Waals surface area contributed by atoms with Crippen molar-refractivity contribution in [1.29, 1.82) is 0 Å². The molecule has 0 fully saturated rings. The Labute approximate surface area is 78.5 Å². The fraction of sp³-hybridized carbons (Fsp3) is 0.778. The van der Waals surface area contributed by atoms with Gasteiger partial charge in [-0.2, -0.15) is 0 Å². The van der Waals surface area contributed by atoms with Crippen molar-refractivity contribution in [3.63, 3.8) is 0 Å². The average Bonchev–Trinajstić information content (AvgIpc) is 2.21. The zero-order valence-corrected chi connectivity index (χ0v) is 7.84. The molecule has 0 unspecified atom stereocenters. The zero-order valence-electron chi connectivity index (χ0n) is 7.84. The van der Waals surface area contributed by atoms with Gasteiger partial charge in [0.2, 0.25) is 0 Å². The van der Waals surface area contributed by atoms with Gasteiger partial charge in [-0.3, -0.25) is 9.98 Å². The maximum absolute atomic E-state index is 4.41. The van der Waals surface area contributed by atoms with Crippen LogP contribution in [0.25, 0.3) is 0 Å². The van der Waals surface area contributed by atoms with Crippen molar-refractivity contribution in [1.82, 2.24) is 10.6 Å². The second-order valence-corrected chi connectivity index (χ2v) is 3.39. The Hall–Kier alpha value is -1.06. The molecular weight excluding hydrogens is 164 g/mol. The Morgan fingerprint density at radius 3 is 1.85 bits per heavy atom. The molecule has 0 saturated carbocycles. The number of nitrogens with one attached hydrogen (secondary N) is 2. The third-order valence-corrected chi connectivity index (χ3v) is 2.27.